The Morgan fingerprint density at radius 3 is 2.31 bits per heavy atom. The van der Waals surface area contributed by atoms with Gasteiger partial charge in [-0.05, 0) is 48.2 Å². The summed E-state index contributed by atoms with van der Waals surface area (Å²) >= 11 is 0. The van der Waals surface area contributed by atoms with E-state index in [0.29, 0.717) is 12.1 Å². The molecule has 2 amide bonds. The first kappa shape index (κ1) is 20.6. The summed E-state index contributed by atoms with van der Waals surface area (Å²) in [4.78, 5) is 25.2. The zero-order chi connectivity index (χ0) is 21.0. The molecule has 1 heterocycles. The summed E-state index contributed by atoms with van der Waals surface area (Å²) in [5, 5.41) is 6.87. The number of aryl methyl sites for hydroxylation is 1. The number of rotatable bonds is 6. The fraction of sp³-hybridized carbons (Fsp3) is 0.333. The fourth-order valence-electron chi connectivity index (χ4n) is 3.40. The summed E-state index contributed by atoms with van der Waals surface area (Å²) in [6.45, 7) is 8.96. The number of amides is 2. The van der Waals surface area contributed by atoms with E-state index in [0.717, 1.165) is 35.2 Å². The average Bonchev–Trinajstić information content (AvgIpc) is 2.99. The molecule has 0 saturated heterocycles. The van der Waals surface area contributed by atoms with Crippen molar-refractivity contribution >= 4 is 34.1 Å². The minimum absolute atomic E-state index is 0.00751. The van der Waals surface area contributed by atoms with E-state index >= 15 is 0 Å². The maximum absolute atomic E-state index is 12.9. The Hall–Kier alpha value is -3.08. The van der Waals surface area contributed by atoms with E-state index in [1.54, 1.807) is 0 Å². The van der Waals surface area contributed by atoms with E-state index in [1.165, 1.54) is 0 Å². The van der Waals surface area contributed by atoms with Crippen LogP contribution in [0.2, 0.25) is 0 Å². The molecule has 2 N–H and O–H groups in total. The first-order valence-electron chi connectivity index (χ1n) is 10.1. The third-order valence-electron chi connectivity index (χ3n) is 4.59. The summed E-state index contributed by atoms with van der Waals surface area (Å²) in [7, 11) is 0. The van der Waals surface area contributed by atoms with Crippen molar-refractivity contribution in [3.63, 3.8) is 0 Å². The molecule has 3 aromatic rings. The molecule has 5 heteroatoms. The summed E-state index contributed by atoms with van der Waals surface area (Å²) in [6.07, 6.45) is 1.37. The molecule has 5 nitrogen and oxygen atoms in total. The van der Waals surface area contributed by atoms with Crippen molar-refractivity contribution in [3.05, 3.63) is 60.3 Å². The lowest BCUT2D eigenvalue weighted by Crippen LogP contribution is -2.19. The van der Waals surface area contributed by atoms with Crippen molar-refractivity contribution in [2.24, 2.45) is 5.41 Å². The van der Waals surface area contributed by atoms with Crippen LogP contribution in [0.3, 0.4) is 0 Å². The number of benzene rings is 2. The van der Waals surface area contributed by atoms with Crippen molar-refractivity contribution in [1.29, 1.82) is 0 Å². The SMILES string of the molecule is CCCn1c(C(=O)Nc2ccccc2)cc2cc(NC(=O)CC(C)(C)C)ccc21. The van der Waals surface area contributed by atoms with Crippen LogP contribution in [0.5, 0.6) is 0 Å². The Kier molecular flexibility index (Phi) is 6.06. The van der Waals surface area contributed by atoms with Crippen LogP contribution in [0.1, 0.15) is 51.0 Å². The topological polar surface area (TPSA) is 63.1 Å². The fourth-order valence-corrected chi connectivity index (χ4v) is 3.40. The highest BCUT2D eigenvalue weighted by atomic mass is 16.2. The smallest absolute Gasteiger partial charge is 0.272 e. The molecule has 29 heavy (non-hydrogen) atoms. The van der Waals surface area contributed by atoms with Gasteiger partial charge in [0.25, 0.3) is 5.91 Å². The first-order chi connectivity index (χ1) is 13.8. The van der Waals surface area contributed by atoms with E-state index in [-0.39, 0.29) is 17.2 Å². The molecule has 0 saturated carbocycles. The van der Waals surface area contributed by atoms with Gasteiger partial charge in [0.1, 0.15) is 5.69 Å². The number of nitrogens with one attached hydrogen (secondary N) is 2. The van der Waals surface area contributed by atoms with Crippen molar-refractivity contribution in [1.82, 2.24) is 4.57 Å². The average molecular weight is 392 g/mol. The van der Waals surface area contributed by atoms with Gasteiger partial charge in [-0.15, -0.1) is 0 Å². The molecule has 0 radical (unpaired) electrons. The molecule has 3 rings (SSSR count). The molecule has 2 aromatic carbocycles. The standard InChI is InChI=1S/C24H29N3O2/c1-5-13-27-20-12-11-19(25-22(28)16-24(2,3)4)14-17(20)15-21(27)23(29)26-18-9-7-6-8-10-18/h6-12,14-15H,5,13,16H2,1-4H3,(H,25,28)(H,26,29). The van der Waals surface area contributed by atoms with Crippen LogP contribution in [-0.4, -0.2) is 16.4 Å². The third kappa shape index (κ3) is 5.25. The minimum Gasteiger partial charge on any atom is -0.336 e. The number of carbonyl (C=O) groups excluding carboxylic acids is 2. The number of para-hydroxylation sites is 1. The van der Waals surface area contributed by atoms with E-state index in [1.807, 2.05) is 79.9 Å². The van der Waals surface area contributed by atoms with Gasteiger partial charge in [0.2, 0.25) is 5.91 Å². The largest absolute Gasteiger partial charge is 0.336 e. The Bertz CT molecular complexity index is 1010. The zero-order valence-electron chi connectivity index (χ0n) is 17.6. The quantitative estimate of drug-likeness (QED) is 0.568. The monoisotopic (exact) mass is 391 g/mol. The molecule has 0 aliphatic rings. The molecule has 0 atom stereocenters. The predicted molar refractivity (Wildman–Crippen MR) is 119 cm³/mol. The third-order valence-corrected chi connectivity index (χ3v) is 4.59. The van der Waals surface area contributed by atoms with E-state index in [4.69, 9.17) is 0 Å². The Balaban J connectivity index is 1.89. The second-order valence-corrected chi connectivity index (χ2v) is 8.56. The van der Waals surface area contributed by atoms with Crippen LogP contribution in [0.4, 0.5) is 11.4 Å². The molecule has 152 valence electrons. The lowest BCUT2D eigenvalue weighted by Gasteiger charge is -2.17. The first-order valence-corrected chi connectivity index (χ1v) is 10.1. The Morgan fingerprint density at radius 2 is 1.66 bits per heavy atom. The highest BCUT2D eigenvalue weighted by Crippen LogP contribution is 2.26. The van der Waals surface area contributed by atoms with Crippen LogP contribution < -0.4 is 10.6 Å². The molecule has 1 aromatic heterocycles. The van der Waals surface area contributed by atoms with Crippen LogP contribution in [0.25, 0.3) is 10.9 Å². The maximum atomic E-state index is 12.9. The lowest BCUT2D eigenvalue weighted by molar-refractivity contribution is -0.117. The van der Waals surface area contributed by atoms with Crippen LogP contribution >= 0.6 is 0 Å². The number of fused-ring (bicyclic) bond motifs is 1. The van der Waals surface area contributed by atoms with Gasteiger partial charge in [0.05, 0.1) is 0 Å². The van der Waals surface area contributed by atoms with Crippen molar-refractivity contribution in [2.45, 2.75) is 47.1 Å². The van der Waals surface area contributed by atoms with Gasteiger partial charge in [-0.3, -0.25) is 9.59 Å². The normalized spacial score (nSPS) is 11.4. The van der Waals surface area contributed by atoms with Gasteiger partial charge in [-0.2, -0.15) is 0 Å². The van der Waals surface area contributed by atoms with Crippen LogP contribution in [0.15, 0.2) is 54.6 Å². The summed E-state index contributed by atoms with van der Waals surface area (Å²) in [5.74, 6) is -0.147. The van der Waals surface area contributed by atoms with Gasteiger partial charge in [-0.1, -0.05) is 45.9 Å². The lowest BCUT2D eigenvalue weighted by atomic mass is 9.92. The van der Waals surface area contributed by atoms with Crippen LogP contribution in [-0.2, 0) is 11.3 Å². The highest BCUT2D eigenvalue weighted by molar-refractivity contribution is 6.07. The number of anilines is 2. The predicted octanol–water partition coefficient (Wildman–Crippen LogP) is 5.68. The Labute approximate surface area is 172 Å². The molecule has 0 spiro atoms. The minimum atomic E-state index is -0.140. The van der Waals surface area contributed by atoms with Crippen molar-refractivity contribution < 1.29 is 9.59 Å². The van der Waals surface area contributed by atoms with Crippen LogP contribution in [0, 0.1) is 5.41 Å². The molecular weight excluding hydrogens is 362 g/mol. The number of hydrogen-bond acceptors (Lipinski definition) is 2. The van der Waals surface area contributed by atoms with E-state index in [2.05, 4.69) is 17.6 Å². The highest BCUT2D eigenvalue weighted by Gasteiger charge is 2.18. The number of nitrogens with zero attached hydrogens (tertiary/aromatic N) is 1. The maximum Gasteiger partial charge on any atom is 0.272 e. The van der Waals surface area contributed by atoms with Crippen molar-refractivity contribution in [3.8, 4) is 0 Å². The van der Waals surface area contributed by atoms with E-state index < -0.39 is 0 Å². The zero-order valence-corrected chi connectivity index (χ0v) is 17.6. The molecule has 0 bridgehead atoms. The van der Waals surface area contributed by atoms with Crippen molar-refractivity contribution in [2.75, 3.05) is 10.6 Å². The van der Waals surface area contributed by atoms with Gasteiger partial charge in [0.15, 0.2) is 0 Å². The Morgan fingerprint density at radius 1 is 0.931 bits per heavy atom. The van der Waals surface area contributed by atoms with Gasteiger partial charge in [-0.25, -0.2) is 0 Å². The second-order valence-electron chi connectivity index (χ2n) is 8.56. The molecule has 0 fully saturated rings. The van der Waals surface area contributed by atoms with Gasteiger partial charge >= 0.3 is 0 Å². The summed E-state index contributed by atoms with van der Waals surface area (Å²) in [6, 6.07) is 17.1. The van der Waals surface area contributed by atoms with Gasteiger partial charge in [0, 0.05) is 35.2 Å². The number of aromatic nitrogens is 1. The molecule has 0 unspecified atom stereocenters. The summed E-state index contributed by atoms with van der Waals surface area (Å²) < 4.78 is 2.04. The molecule has 0 aliphatic carbocycles. The molecule has 0 aliphatic heterocycles. The number of hydrogen-bond donors (Lipinski definition) is 2. The second kappa shape index (κ2) is 8.52. The number of carbonyl (C=O) groups is 2. The molecular formula is C24H29N3O2. The van der Waals surface area contributed by atoms with Gasteiger partial charge < -0.3 is 15.2 Å². The summed E-state index contributed by atoms with van der Waals surface area (Å²) in [5.41, 5.74) is 3.04. The van der Waals surface area contributed by atoms with E-state index in [9.17, 15) is 9.59 Å².